The monoisotopic (exact) mass is 274 g/mol. The van der Waals surface area contributed by atoms with Crippen LogP contribution in [-0.4, -0.2) is 12.5 Å². The van der Waals surface area contributed by atoms with Gasteiger partial charge in [-0.05, 0) is 48.9 Å². The average molecular weight is 274 g/mol. The summed E-state index contributed by atoms with van der Waals surface area (Å²) in [6.07, 6.45) is 6.42. The zero-order valence-electron chi connectivity index (χ0n) is 12.6. The molecule has 3 nitrogen and oxygen atoms in total. The van der Waals surface area contributed by atoms with Crippen molar-refractivity contribution < 1.29 is 4.79 Å². The number of nitrogens with one attached hydrogen (secondary N) is 1. The van der Waals surface area contributed by atoms with Crippen LogP contribution in [0.4, 0.5) is 5.69 Å². The number of carbonyl (C=O) groups is 1. The van der Waals surface area contributed by atoms with Crippen LogP contribution >= 0.6 is 0 Å². The van der Waals surface area contributed by atoms with Gasteiger partial charge >= 0.3 is 0 Å². The Morgan fingerprint density at radius 1 is 1.30 bits per heavy atom. The minimum atomic E-state index is 0.0201. The highest BCUT2D eigenvalue weighted by Crippen LogP contribution is 2.29. The van der Waals surface area contributed by atoms with Gasteiger partial charge in [0.2, 0.25) is 0 Å². The van der Waals surface area contributed by atoms with Gasteiger partial charge in [0.05, 0.1) is 0 Å². The summed E-state index contributed by atoms with van der Waals surface area (Å²) in [6.45, 7) is 5.04. The predicted molar refractivity (Wildman–Crippen MR) is 83.7 cm³/mol. The van der Waals surface area contributed by atoms with Crippen LogP contribution in [0.25, 0.3) is 0 Å². The molecule has 2 rings (SSSR count). The molecule has 3 heteroatoms. The Morgan fingerprint density at radius 2 is 2.00 bits per heavy atom. The molecule has 0 aliphatic heterocycles. The number of carbonyl (C=O) groups excluding carboxylic acids is 1. The molecule has 1 fully saturated rings. The van der Waals surface area contributed by atoms with Gasteiger partial charge in [-0.2, -0.15) is 0 Å². The van der Waals surface area contributed by atoms with E-state index in [1.807, 2.05) is 19.1 Å². The number of aryl methyl sites for hydroxylation is 1. The van der Waals surface area contributed by atoms with E-state index in [4.69, 9.17) is 5.73 Å². The Bertz CT molecular complexity index is 462. The minimum absolute atomic E-state index is 0.0201. The quantitative estimate of drug-likeness (QED) is 0.825. The molecular formula is C17H26N2O. The lowest BCUT2D eigenvalue weighted by Crippen LogP contribution is -2.27. The Balaban J connectivity index is 1.77. The van der Waals surface area contributed by atoms with Crippen molar-refractivity contribution in [2.24, 2.45) is 11.8 Å². The summed E-state index contributed by atoms with van der Waals surface area (Å²) in [5.41, 5.74) is 8.08. The summed E-state index contributed by atoms with van der Waals surface area (Å²) >= 11 is 0. The van der Waals surface area contributed by atoms with Gasteiger partial charge in [0.25, 0.3) is 5.91 Å². The van der Waals surface area contributed by atoms with Crippen LogP contribution in [0.3, 0.4) is 0 Å². The third-order valence-electron chi connectivity index (χ3n) is 4.47. The molecule has 1 aromatic carbocycles. The summed E-state index contributed by atoms with van der Waals surface area (Å²) < 4.78 is 0. The molecule has 0 spiro atoms. The third kappa shape index (κ3) is 3.99. The van der Waals surface area contributed by atoms with E-state index in [0.29, 0.717) is 5.69 Å². The molecule has 110 valence electrons. The first-order valence-electron chi connectivity index (χ1n) is 7.70. The standard InChI is InChI=1S/C17H26N2O/c1-12-3-5-14(6-4-12)9-10-19-17(20)16-8-7-15(18)11-13(16)2/h7-8,11-12,14H,3-6,9-10,18H2,1-2H3,(H,19,20). The highest BCUT2D eigenvalue weighted by molar-refractivity contribution is 5.95. The number of hydrogen-bond donors (Lipinski definition) is 2. The Morgan fingerprint density at radius 3 is 2.65 bits per heavy atom. The van der Waals surface area contributed by atoms with Crippen LogP contribution in [-0.2, 0) is 0 Å². The lowest BCUT2D eigenvalue weighted by Gasteiger charge is -2.26. The third-order valence-corrected chi connectivity index (χ3v) is 4.47. The van der Waals surface area contributed by atoms with Gasteiger partial charge in [-0.25, -0.2) is 0 Å². The number of hydrogen-bond acceptors (Lipinski definition) is 2. The van der Waals surface area contributed by atoms with Gasteiger partial charge in [-0.3, -0.25) is 4.79 Å². The van der Waals surface area contributed by atoms with E-state index in [1.165, 1.54) is 25.7 Å². The second-order valence-corrected chi connectivity index (χ2v) is 6.24. The number of anilines is 1. The highest BCUT2D eigenvalue weighted by atomic mass is 16.1. The van der Waals surface area contributed by atoms with Crippen molar-refractivity contribution in [1.82, 2.24) is 5.32 Å². The largest absolute Gasteiger partial charge is 0.399 e. The highest BCUT2D eigenvalue weighted by Gasteiger charge is 2.18. The average Bonchev–Trinajstić information content (AvgIpc) is 2.41. The van der Waals surface area contributed by atoms with Crippen molar-refractivity contribution >= 4 is 11.6 Å². The normalized spacial score (nSPS) is 22.5. The smallest absolute Gasteiger partial charge is 0.251 e. The lowest BCUT2D eigenvalue weighted by molar-refractivity contribution is 0.0949. The fourth-order valence-electron chi connectivity index (χ4n) is 3.04. The topological polar surface area (TPSA) is 55.1 Å². The number of nitrogens with two attached hydrogens (primary N) is 1. The maximum Gasteiger partial charge on any atom is 0.251 e. The predicted octanol–water partition coefficient (Wildman–Crippen LogP) is 3.52. The summed E-state index contributed by atoms with van der Waals surface area (Å²) in [5.74, 6) is 1.70. The Labute approximate surface area is 121 Å². The molecule has 0 aromatic heterocycles. The molecule has 0 bridgehead atoms. The van der Waals surface area contributed by atoms with Crippen molar-refractivity contribution in [3.05, 3.63) is 29.3 Å². The molecule has 1 amide bonds. The molecule has 1 saturated carbocycles. The zero-order chi connectivity index (χ0) is 14.5. The zero-order valence-corrected chi connectivity index (χ0v) is 12.6. The molecule has 0 unspecified atom stereocenters. The first kappa shape index (κ1) is 14.9. The van der Waals surface area contributed by atoms with Gasteiger partial charge in [0.1, 0.15) is 0 Å². The van der Waals surface area contributed by atoms with Crippen LogP contribution in [0.1, 0.15) is 54.9 Å². The van der Waals surface area contributed by atoms with Crippen LogP contribution in [0.15, 0.2) is 18.2 Å². The molecule has 1 aliphatic rings. The van der Waals surface area contributed by atoms with Crippen molar-refractivity contribution in [3.8, 4) is 0 Å². The van der Waals surface area contributed by atoms with Crippen molar-refractivity contribution in [3.63, 3.8) is 0 Å². The van der Waals surface area contributed by atoms with Gasteiger partial charge in [0.15, 0.2) is 0 Å². The molecule has 0 saturated heterocycles. The van der Waals surface area contributed by atoms with E-state index in [2.05, 4.69) is 12.2 Å². The van der Waals surface area contributed by atoms with Gasteiger partial charge < -0.3 is 11.1 Å². The van der Waals surface area contributed by atoms with Crippen LogP contribution in [0, 0.1) is 18.8 Å². The van der Waals surface area contributed by atoms with Gasteiger partial charge in [-0.15, -0.1) is 0 Å². The molecule has 1 aromatic rings. The second-order valence-electron chi connectivity index (χ2n) is 6.24. The summed E-state index contributed by atoms with van der Waals surface area (Å²) in [5, 5.41) is 3.04. The fourth-order valence-corrected chi connectivity index (χ4v) is 3.04. The van der Waals surface area contributed by atoms with Crippen LogP contribution < -0.4 is 11.1 Å². The summed E-state index contributed by atoms with van der Waals surface area (Å²) in [6, 6.07) is 5.43. The molecule has 1 aliphatic carbocycles. The van der Waals surface area contributed by atoms with E-state index in [9.17, 15) is 4.79 Å². The first-order chi connectivity index (χ1) is 9.56. The molecule has 20 heavy (non-hydrogen) atoms. The number of rotatable bonds is 4. The van der Waals surface area contributed by atoms with E-state index < -0.39 is 0 Å². The second kappa shape index (κ2) is 6.78. The number of nitrogen functional groups attached to an aromatic ring is 1. The molecule has 0 atom stereocenters. The molecule has 0 heterocycles. The van der Waals surface area contributed by atoms with E-state index >= 15 is 0 Å². The maximum absolute atomic E-state index is 12.1. The fraction of sp³-hybridized carbons (Fsp3) is 0.588. The SMILES string of the molecule is Cc1cc(N)ccc1C(=O)NCCC1CCC(C)CC1. The molecule has 0 radical (unpaired) electrons. The van der Waals surface area contributed by atoms with Crippen molar-refractivity contribution in [2.45, 2.75) is 46.0 Å². The minimum Gasteiger partial charge on any atom is -0.399 e. The summed E-state index contributed by atoms with van der Waals surface area (Å²) in [4.78, 5) is 12.1. The van der Waals surface area contributed by atoms with Gasteiger partial charge in [-0.1, -0.05) is 32.6 Å². The van der Waals surface area contributed by atoms with Gasteiger partial charge in [0, 0.05) is 17.8 Å². The Hall–Kier alpha value is -1.51. The number of amides is 1. The lowest BCUT2D eigenvalue weighted by atomic mass is 9.81. The number of benzene rings is 1. The van der Waals surface area contributed by atoms with Crippen molar-refractivity contribution in [1.29, 1.82) is 0 Å². The Kier molecular flexibility index (Phi) is 5.05. The molecule has 3 N–H and O–H groups in total. The first-order valence-corrected chi connectivity index (χ1v) is 7.70. The summed E-state index contributed by atoms with van der Waals surface area (Å²) in [7, 11) is 0. The van der Waals surface area contributed by atoms with E-state index in [1.54, 1.807) is 6.07 Å². The van der Waals surface area contributed by atoms with E-state index in [0.717, 1.165) is 35.9 Å². The van der Waals surface area contributed by atoms with Crippen molar-refractivity contribution in [2.75, 3.05) is 12.3 Å². The van der Waals surface area contributed by atoms with Crippen LogP contribution in [0.2, 0.25) is 0 Å². The van der Waals surface area contributed by atoms with E-state index in [-0.39, 0.29) is 5.91 Å². The molecular weight excluding hydrogens is 248 g/mol. The van der Waals surface area contributed by atoms with Crippen LogP contribution in [0.5, 0.6) is 0 Å². The maximum atomic E-state index is 12.1.